The van der Waals surface area contributed by atoms with Crippen molar-refractivity contribution in [2.75, 3.05) is 19.6 Å². The number of rotatable bonds is 4. The van der Waals surface area contributed by atoms with Gasteiger partial charge in [0.15, 0.2) is 0 Å². The molecule has 2 aliphatic rings. The molecule has 3 aromatic rings. The lowest BCUT2D eigenvalue weighted by Gasteiger charge is -2.32. The highest BCUT2D eigenvalue weighted by molar-refractivity contribution is 7.89. The Balaban J connectivity index is 1.34. The molecule has 1 atom stereocenters. The maximum absolute atomic E-state index is 13.3. The maximum Gasteiger partial charge on any atom is 0.243 e. The summed E-state index contributed by atoms with van der Waals surface area (Å²) in [5.41, 5.74) is 4.51. The number of para-hydroxylation sites is 1. The van der Waals surface area contributed by atoms with Crippen molar-refractivity contribution in [1.82, 2.24) is 14.2 Å². The number of sulfonamides is 1. The van der Waals surface area contributed by atoms with Gasteiger partial charge in [0.25, 0.3) is 0 Å². The van der Waals surface area contributed by atoms with Crippen LogP contribution in [0, 0.1) is 6.92 Å². The monoisotopic (exact) mass is 449 g/mol. The third-order valence-electron chi connectivity index (χ3n) is 6.57. The molecule has 166 valence electrons. The second kappa shape index (κ2) is 8.22. The summed E-state index contributed by atoms with van der Waals surface area (Å²) in [7, 11) is -3.69. The van der Waals surface area contributed by atoms with Crippen LogP contribution in [0.15, 0.2) is 65.7 Å². The lowest BCUT2D eigenvalue weighted by Crippen LogP contribution is -2.48. The Kier molecular flexibility index (Phi) is 5.39. The Labute approximate surface area is 188 Å². The summed E-state index contributed by atoms with van der Waals surface area (Å²) < 4.78 is 27.8. The number of amides is 1. The van der Waals surface area contributed by atoms with Gasteiger partial charge >= 0.3 is 0 Å². The van der Waals surface area contributed by atoms with Crippen molar-refractivity contribution in [2.45, 2.75) is 37.1 Å². The van der Waals surface area contributed by atoms with Gasteiger partial charge in [-0.15, -0.1) is 0 Å². The normalized spacial score (nSPS) is 20.0. The highest BCUT2D eigenvalue weighted by atomic mass is 32.2. The lowest BCUT2D eigenvalue weighted by atomic mass is 9.98. The minimum absolute atomic E-state index is 0.0904. The number of fused-ring (bicyclic) bond motifs is 1. The molecule has 0 spiro atoms. The minimum atomic E-state index is -3.69. The molecule has 0 bridgehead atoms. The molecule has 1 amide bonds. The predicted octanol–water partition coefficient (Wildman–Crippen LogP) is 3.95. The van der Waals surface area contributed by atoms with E-state index in [2.05, 4.69) is 23.2 Å². The molecule has 1 N–H and O–H groups in total. The largest absolute Gasteiger partial charge is 0.361 e. The van der Waals surface area contributed by atoms with Crippen molar-refractivity contribution >= 4 is 32.4 Å². The number of aryl methyl sites for hydroxylation is 1. The molecule has 5 rings (SSSR count). The molecule has 3 heterocycles. The smallest absolute Gasteiger partial charge is 0.243 e. The van der Waals surface area contributed by atoms with Crippen molar-refractivity contribution in [3.05, 3.63) is 71.9 Å². The number of aromatic amines is 1. The van der Waals surface area contributed by atoms with E-state index in [9.17, 15) is 13.2 Å². The third kappa shape index (κ3) is 3.65. The number of H-pyrrole nitrogens is 1. The van der Waals surface area contributed by atoms with Crippen molar-refractivity contribution in [3.63, 3.8) is 0 Å². The maximum atomic E-state index is 13.3. The zero-order valence-electron chi connectivity index (χ0n) is 18.1. The minimum Gasteiger partial charge on any atom is -0.361 e. The predicted molar refractivity (Wildman–Crippen MR) is 126 cm³/mol. The second-order valence-corrected chi connectivity index (χ2v) is 10.5. The average Bonchev–Trinajstić information content (AvgIpc) is 3.47. The highest BCUT2D eigenvalue weighted by Gasteiger charge is 2.41. The number of hydrogen-bond acceptors (Lipinski definition) is 3. The Bertz CT molecular complexity index is 1290. The van der Waals surface area contributed by atoms with E-state index in [-0.39, 0.29) is 10.8 Å². The molecule has 0 unspecified atom stereocenters. The number of hydrogen-bond donors (Lipinski definition) is 1. The molecule has 0 aliphatic carbocycles. The van der Waals surface area contributed by atoms with E-state index >= 15 is 0 Å². The van der Waals surface area contributed by atoms with Crippen LogP contribution in [0.5, 0.6) is 0 Å². The van der Waals surface area contributed by atoms with E-state index in [1.54, 1.807) is 29.2 Å². The number of aromatic nitrogens is 1. The molecule has 1 aromatic heterocycles. The standard InChI is InChI=1S/C25H27N3O3S/c1-18-8-10-20(11-9-18)32(30,31)28-14-4-7-24(28)25(29)27-15-12-19(13-16-27)22-17-26-23-6-3-2-5-21(22)23/h2-3,5-6,8-12,17,24,26H,4,7,13-16H2,1H3/t24-/m1/s1. The molecule has 0 saturated carbocycles. The van der Waals surface area contributed by atoms with Crippen molar-refractivity contribution < 1.29 is 13.2 Å². The Morgan fingerprint density at radius 1 is 1.06 bits per heavy atom. The second-order valence-electron chi connectivity index (χ2n) is 8.60. The van der Waals surface area contributed by atoms with E-state index in [4.69, 9.17) is 0 Å². The van der Waals surface area contributed by atoms with Gasteiger partial charge < -0.3 is 9.88 Å². The first-order valence-electron chi connectivity index (χ1n) is 11.1. The number of nitrogens with zero attached hydrogens (tertiary/aromatic N) is 2. The van der Waals surface area contributed by atoms with Crippen LogP contribution in [0.4, 0.5) is 0 Å². The van der Waals surface area contributed by atoms with Gasteiger partial charge in [0.1, 0.15) is 6.04 Å². The summed E-state index contributed by atoms with van der Waals surface area (Å²) >= 11 is 0. The van der Waals surface area contributed by atoms with Crippen molar-refractivity contribution in [2.24, 2.45) is 0 Å². The van der Waals surface area contributed by atoms with Crippen LogP contribution in [0.25, 0.3) is 16.5 Å². The van der Waals surface area contributed by atoms with Gasteiger partial charge in [-0.3, -0.25) is 4.79 Å². The first-order valence-corrected chi connectivity index (χ1v) is 12.5. The number of nitrogens with one attached hydrogen (secondary N) is 1. The molecule has 7 heteroatoms. The van der Waals surface area contributed by atoms with Crippen LogP contribution >= 0.6 is 0 Å². The van der Waals surface area contributed by atoms with E-state index in [0.717, 1.165) is 17.5 Å². The fourth-order valence-corrected chi connectivity index (χ4v) is 6.43. The van der Waals surface area contributed by atoms with Crippen LogP contribution in [-0.4, -0.2) is 54.2 Å². The first-order chi connectivity index (χ1) is 15.4. The zero-order valence-corrected chi connectivity index (χ0v) is 18.9. The van der Waals surface area contributed by atoms with Crippen LogP contribution in [0.2, 0.25) is 0 Å². The van der Waals surface area contributed by atoms with Crippen LogP contribution in [0.1, 0.15) is 30.4 Å². The van der Waals surface area contributed by atoms with Gasteiger partial charge in [-0.1, -0.05) is 42.0 Å². The summed E-state index contributed by atoms with van der Waals surface area (Å²) in [5.74, 6) is -0.0904. The van der Waals surface area contributed by atoms with Crippen LogP contribution < -0.4 is 0 Å². The highest BCUT2D eigenvalue weighted by Crippen LogP contribution is 2.31. The number of carbonyl (C=O) groups is 1. The summed E-state index contributed by atoms with van der Waals surface area (Å²) in [5, 5.41) is 1.18. The summed E-state index contributed by atoms with van der Waals surface area (Å²) in [6.07, 6.45) is 6.15. The average molecular weight is 450 g/mol. The molecular weight excluding hydrogens is 422 g/mol. The molecule has 2 aliphatic heterocycles. The van der Waals surface area contributed by atoms with E-state index in [1.165, 1.54) is 20.8 Å². The summed E-state index contributed by atoms with van der Waals surface area (Å²) in [6.45, 7) is 3.41. The molecule has 6 nitrogen and oxygen atoms in total. The van der Waals surface area contributed by atoms with Gasteiger partial charge in [0.05, 0.1) is 4.90 Å². The van der Waals surface area contributed by atoms with E-state index < -0.39 is 16.1 Å². The SMILES string of the molecule is Cc1ccc(S(=O)(=O)N2CCC[C@@H]2C(=O)N2CC=C(c3c[nH]c4ccccc34)CC2)cc1. The fraction of sp³-hybridized carbons (Fsp3) is 0.320. The molecule has 1 fully saturated rings. The van der Waals surface area contributed by atoms with Crippen molar-refractivity contribution in [3.8, 4) is 0 Å². The molecule has 0 radical (unpaired) electrons. The quantitative estimate of drug-likeness (QED) is 0.656. The fourth-order valence-electron chi connectivity index (χ4n) is 4.78. The molecular formula is C25H27N3O3S. The lowest BCUT2D eigenvalue weighted by molar-refractivity contribution is -0.134. The third-order valence-corrected chi connectivity index (χ3v) is 8.49. The number of carbonyl (C=O) groups excluding carboxylic acids is 1. The van der Waals surface area contributed by atoms with Gasteiger partial charge in [-0.05, 0) is 50.0 Å². The Hall–Kier alpha value is -2.90. The summed E-state index contributed by atoms with van der Waals surface area (Å²) in [6, 6.07) is 14.4. The Morgan fingerprint density at radius 2 is 1.84 bits per heavy atom. The van der Waals surface area contributed by atoms with Gasteiger partial charge in [0.2, 0.25) is 15.9 Å². The zero-order chi connectivity index (χ0) is 22.3. The van der Waals surface area contributed by atoms with E-state index in [1.807, 2.05) is 25.3 Å². The van der Waals surface area contributed by atoms with Gasteiger partial charge in [-0.25, -0.2) is 8.42 Å². The first kappa shape index (κ1) is 21.0. The van der Waals surface area contributed by atoms with Crippen LogP contribution in [0.3, 0.4) is 0 Å². The molecule has 32 heavy (non-hydrogen) atoms. The molecule has 1 saturated heterocycles. The number of benzene rings is 2. The van der Waals surface area contributed by atoms with Crippen molar-refractivity contribution in [1.29, 1.82) is 0 Å². The Morgan fingerprint density at radius 3 is 2.59 bits per heavy atom. The van der Waals surface area contributed by atoms with Gasteiger partial charge in [-0.2, -0.15) is 4.31 Å². The molecule has 2 aromatic carbocycles. The van der Waals surface area contributed by atoms with E-state index in [0.29, 0.717) is 32.5 Å². The topological polar surface area (TPSA) is 73.5 Å². The van der Waals surface area contributed by atoms with Crippen LogP contribution in [-0.2, 0) is 14.8 Å². The summed E-state index contributed by atoms with van der Waals surface area (Å²) in [4.78, 5) is 18.7. The van der Waals surface area contributed by atoms with Gasteiger partial charge in [0, 0.05) is 42.3 Å².